The number of carbonyl (C=O) groups is 2. The van der Waals surface area contributed by atoms with E-state index in [0.29, 0.717) is 37.4 Å². The van der Waals surface area contributed by atoms with E-state index in [-0.39, 0.29) is 23.0 Å². The number of aliphatic carboxylic acids is 1. The number of aromatic hydroxyl groups is 1. The highest BCUT2D eigenvalue weighted by Gasteiger charge is 2.25. The Morgan fingerprint density at radius 2 is 1.69 bits per heavy atom. The normalized spacial score (nSPS) is 15.6. The van der Waals surface area contributed by atoms with E-state index in [9.17, 15) is 28.2 Å². The first-order valence-corrected chi connectivity index (χ1v) is 11.4. The highest BCUT2D eigenvalue weighted by atomic mass is 32.2. The summed E-state index contributed by atoms with van der Waals surface area (Å²) in [5, 5.41) is 18.8. The fourth-order valence-electron chi connectivity index (χ4n) is 3.12. The van der Waals surface area contributed by atoms with E-state index in [2.05, 4.69) is 4.72 Å². The Bertz CT molecular complexity index is 1070. The van der Waals surface area contributed by atoms with Gasteiger partial charge in [-0.3, -0.25) is 9.59 Å². The predicted octanol–water partition coefficient (Wildman–Crippen LogP) is 1.24. The van der Waals surface area contributed by atoms with Gasteiger partial charge in [0.25, 0.3) is 0 Å². The van der Waals surface area contributed by atoms with E-state index in [0.717, 1.165) is 0 Å². The van der Waals surface area contributed by atoms with Crippen molar-refractivity contribution in [2.24, 2.45) is 0 Å². The molecule has 0 bridgehead atoms. The van der Waals surface area contributed by atoms with Gasteiger partial charge in [0.15, 0.2) is 0 Å². The van der Waals surface area contributed by atoms with E-state index < -0.39 is 22.0 Å². The minimum absolute atomic E-state index is 0.0296. The number of rotatable bonds is 8. The summed E-state index contributed by atoms with van der Waals surface area (Å²) in [6, 6.07) is 10.2. The summed E-state index contributed by atoms with van der Waals surface area (Å²) in [6.45, 7) is 2.06. The average molecular weight is 461 g/mol. The van der Waals surface area contributed by atoms with Gasteiger partial charge in [-0.05, 0) is 47.9 Å². The van der Waals surface area contributed by atoms with Gasteiger partial charge in [-0.2, -0.15) is 4.72 Å². The molecule has 9 nitrogen and oxygen atoms in total. The highest BCUT2D eigenvalue weighted by Crippen LogP contribution is 2.15. The van der Waals surface area contributed by atoms with Crippen LogP contribution in [-0.2, 0) is 30.8 Å². The van der Waals surface area contributed by atoms with Crippen molar-refractivity contribution in [2.45, 2.75) is 17.4 Å². The lowest BCUT2D eigenvalue weighted by atomic mass is 10.1. The summed E-state index contributed by atoms with van der Waals surface area (Å²) in [7, 11) is -4.09. The van der Waals surface area contributed by atoms with Gasteiger partial charge in [-0.25, -0.2) is 8.42 Å². The summed E-state index contributed by atoms with van der Waals surface area (Å²) in [6.07, 6.45) is 2.93. The SMILES string of the molecule is O=C(O)[C@H](Cc1ccc(O)cc1)NS(=O)(=O)c1ccc(/C=C/C(=O)N2CCOCC2)cc1. The third-order valence-electron chi connectivity index (χ3n) is 4.90. The molecule has 1 amide bonds. The molecule has 0 spiro atoms. The number of sulfonamides is 1. The van der Waals surface area contributed by atoms with Crippen molar-refractivity contribution in [3.8, 4) is 5.75 Å². The maximum Gasteiger partial charge on any atom is 0.322 e. The molecule has 2 aromatic rings. The first kappa shape index (κ1) is 23.5. The molecule has 170 valence electrons. The molecular formula is C22H24N2O7S. The number of carboxylic acids is 1. The number of nitrogens with zero attached hydrogens (tertiary/aromatic N) is 1. The van der Waals surface area contributed by atoms with Gasteiger partial charge < -0.3 is 19.8 Å². The molecule has 2 aromatic carbocycles. The van der Waals surface area contributed by atoms with Crippen LogP contribution in [0, 0.1) is 0 Å². The summed E-state index contributed by atoms with van der Waals surface area (Å²) in [4.78, 5) is 25.3. The quantitative estimate of drug-likeness (QED) is 0.505. The van der Waals surface area contributed by atoms with Crippen LogP contribution in [0.3, 0.4) is 0 Å². The third-order valence-corrected chi connectivity index (χ3v) is 6.39. The van der Waals surface area contributed by atoms with Crippen molar-refractivity contribution in [1.29, 1.82) is 0 Å². The van der Waals surface area contributed by atoms with Gasteiger partial charge in [0.1, 0.15) is 11.8 Å². The summed E-state index contributed by atoms with van der Waals surface area (Å²) >= 11 is 0. The minimum atomic E-state index is -4.09. The van der Waals surface area contributed by atoms with Gasteiger partial charge in [0.05, 0.1) is 18.1 Å². The number of carboxylic acid groups (broad SMARTS) is 1. The zero-order valence-electron chi connectivity index (χ0n) is 17.2. The predicted molar refractivity (Wildman–Crippen MR) is 116 cm³/mol. The van der Waals surface area contributed by atoms with E-state index in [1.807, 2.05) is 0 Å². The lowest BCUT2D eigenvalue weighted by molar-refractivity contribution is -0.139. The molecular weight excluding hydrogens is 436 g/mol. The van der Waals surface area contributed by atoms with E-state index in [1.54, 1.807) is 11.0 Å². The van der Waals surface area contributed by atoms with Gasteiger partial charge in [-0.1, -0.05) is 24.3 Å². The summed E-state index contributed by atoms with van der Waals surface area (Å²) in [5.74, 6) is -1.44. The molecule has 1 fully saturated rings. The molecule has 1 aliphatic heterocycles. The van der Waals surface area contributed by atoms with Crippen molar-refractivity contribution < 1.29 is 33.0 Å². The number of ether oxygens (including phenoxy) is 1. The number of carbonyl (C=O) groups excluding carboxylic acids is 1. The summed E-state index contributed by atoms with van der Waals surface area (Å²) < 4.78 is 32.8. The molecule has 1 atom stereocenters. The number of nitrogens with one attached hydrogen (secondary N) is 1. The molecule has 1 heterocycles. The maximum atomic E-state index is 12.7. The molecule has 0 aromatic heterocycles. The summed E-state index contributed by atoms with van der Waals surface area (Å²) in [5.41, 5.74) is 1.19. The zero-order valence-corrected chi connectivity index (χ0v) is 18.0. The van der Waals surface area contributed by atoms with Crippen LogP contribution < -0.4 is 4.72 Å². The van der Waals surface area contributed by atoms with Gasteiger partial charge >= 0.3 is 5.97 Å². The number of morpholine rings is 1. The number of benzene rings is 2. The molecule has 3 N–H and O–H groups in total. The van der Waals surface area contributed by atoms with Crippen LogP contribution in [0.15, 0.2) is 59.5 Å². The number of hydrogen-bond donors (Lipinski definition) is 3. The smallest absolute Gasteiger partial charge is 0.322 e. The Kier molecular flexibility index (Phi) is 7.62. The van der Waals surface area contributed by atoms with Crippen LogP contribution in [0.5, 0.6) is 5.75 Å². The van der Waals surface area contributed by atoms with Crippen molar-refractivity contribution in [3.05, 3.63) is 65.7 Å². The fourth-order valence-corrected chi connectivity index (χ4v) is 4.31. The van der Waals surface area contributed by atoms with Crippen LogP contribution in [0.1, 0.15) is 11.1 Å². The minimum Gasteiger partial charge on any atom is -0.508 e. The monoisotopic (exact) mass is 460 g/mol. The number of hydrogen-bond acceptors (Lipinski definition) is 6. The van der Waals surface area contributed by atoms with Gasteiger partial charge in [0, 0.05) is 19.2 Å². The Morgan fingerprint density at radius 3 is 2.28 bits per heavy atom. The Hall–Kier alpha value is -3.21. The van der Waals surface area contributed by atoms with E-state index >= 15 is 0 Å². The lowest BCUT2D eigenvalue weighted by Gasteiger charge is -2.25. The molecule has 0 aliphatic carbocycles. The van der Waals surface area contributed by atoms with Crippen molar-refractivity contribution in [2.75, 3.05) is 26.3 Å². The first-order chi connectivity index (χ1) is 15.2. The fraction of sp³-hybridized carbons (Fsp3) is 0.273. The molecule has 0 radical (unpaired) electrons. The second-order valence-electron chi connectivity index (χ2n) is 7.22. The van der Waals surface area contributed by atoms with Crippen LogP contribution in [-0.4, -0.2) is 67.8 Å². The first-order valence-electron chi connectivity index (χ1n) is 9.92. The van der Waals surface area contributed by atoms with Crippen LogP contribution >= 0.6 is 0 Å². The molecule has 0 saturated carbocycles. The largest absolute Gasteiger partial charge is 0.508 e. The topological polar surface area (TPSA) is 133 Å². The Balaban J connectivity index is 1.66. The lowest BCUT2D eigenvalue weighted by Crippen LogP contribution is -2.42. The average Bonchev–Trinajstić information content (AvgIpc) is 2.79. The van der Waals surface area contributed by atoms with Gasteiger partial charge in [0.2, 0.25) is 15.9 Å². The molecule has 32 heavy (non-hydrogen) atoms. The van der Waals surface area contributed by atoms with Crippen LogP contribution in [0.25, 0.3) is 6.08 Å². The van der Waals surface area contributed by atoms with E-state index in [1.165, 1.54) is 54.6 Å². The highest BCUT2D eigenvalue weighted by molar-refractivity contribution is 7.89. The molecule has 1 aliphatic rings. The second-order valence-corrected chi connectivity index (χ2v) is 8.94. The Labute approximate surface area is 186 Å². The van der Waals surface area contributed by atoms with Crippen LogP contribution in [0.4, 0.5) is 0 Å². The van der Waals surface area contributed by atoms with Crippen LogP contribution in [0.2, 0.25) is 0 Å². The van der Waals surface area contributed by atoms with E-state index in [4.69, 9.17) is 4.74 Å². The standard InChI is InChI=1S/C22H24N2O7S/c25-18-6-1-17(2-7-18)15-20(22(27)28)23-32(29,30)19-8-3-16(4-9-19)5-10-21(26)24-11-13-31-14-12-24/h1-10,20,23,25H,11-15H2,(H,27,28)/b10-5+/t20-/m0/s1. The molecule has 10 heteroatoms. The Morgan fingerprint density at radius 1 is 1.06 bits per heavy atom. The molecule has 0 unspecified atom stereocenters. The zero-order chi connectivity index (χ0) is 23.1. The van der Waals surface area contributed by atoms with Gasteiger partial charge in [-0.15, -0.1) is 0 Å². The maximum absolute atomic E-state index is 12.7. The number of phenolic OH excluding ortho intramolecular Hbond substituents is 1. The number of amides is 1. The van der Waals surface area contributed by atoms with Crippen molar-refractivity contribution in [1.82, 2.24) is 9.62 Å². The second kappa shape index (κ2) is 10.4. The number of phenols is 1. The molecule has 3 rings (SSSR count). The van der Waals surface area contributed by atoms with Crippen molar-refractivity contribution in [3.63, 3.8) is 0 Å². The third kappa shape index (κ3) is 6.39. The van der Waals surface area contributed by atoms with Crippen molar-refractivity contribution >= 4 is 28.0 Å². The molecule has 1 saturated heterocycles.